The summed E-state index contributed by atoms with van der Waals surface area (Å²) in [5.41, 5.74) is 2.67. The monoisotopic (exact) mass is 377 g/mol. The third-order valence-corrected chi connectivity index (χ3v) is 5.08. The summed E-state index contributed by atoms with van der Waals surface area (Å²) in [6.07, 6.45) is 3.73. The third-order valence-electron chi connectivity index (χ3n) is 5.08. The molecule has 1 aromatic carbocycles. The van der Waals surface area contributed by atoms with Gasteiger partial charge in [-0.2, -0.15) is 0 Å². The highest BCUT2D eigenvalue weighted by Gasteiger charge is 2.24. The van der Waals surface area contributed by atoms with Crippen molar-refractivity contribution in [3.63, 3.8) is 0 Å². The number of nitrogens with one attached hydrogen (secondary N) is 1. The molecule has 142 valence electrons. The van der Waals surface area contributed by atoms with Crippen LogP contribution in [0.15, 0.2) is 30.3 Å². The van der Waals surface area contributed by atoms with Crippen molar-refractivity contribution < 1.29 is 4.79 Å². The summed E-state index contributed by atoms with van der Waals surface area (Å²) in [5, 5.41) is 11.7. The van der Waals surface area contributed by atoms with Crippen LogP contribution in [0.25, 0.3) is 5.69 Å². The van der Waals surface area contributed by atoms with Crippen LogP contribution in [0.5, 0.6) is 0 Å². The van der Waals surface area contributed by atoms with Gasteiger partial charge < -0.3 is 10.2 Å². The summed E-state index contributed by atoms with van der Waals surface area (Å²) in [6.45, 7) is 4.75. The molecule has 1 N–H and O–H groups in total. The smallest absolute Gasteiger partial charge is 0.228 e. The fourth-order valence-corrected chi connectivity index (χ4v) is 3.41. The van der Waals surface area contributed by atoms with Gasteiger partial charge in [0.1, 0.15) is 0 Å². The number of rotatable bonds is 6. The molecule has 3 rings (SSSR count). The number of hydrogen-bond donors (Lipinski definition) is 1. The lowest BCUT2D eigenvalue weighted by Crippen LogP contribution is -2.39. The Labute approximate surface area is 161 Å². The number of likely N-dealkylation sites (tertiary alicyclic amines) is 1. The zero-order valence-electron chi connectivity index (χ0n) is 15.5. The maximum absolute atomic E-state index is 12.6. The number of hydrogen-bond acceptors (Lipinski definition) is 4. The Kier molecular flexibility index (Phi) is 7.60. The number of carbonyl (C=O) groups is 1. The van der Waals surface area contributed by atoms with Gasteiger partial charge in [0.15, 0.2) is 0 Å². The second-order valence-corrected chi connectivity index (χ2v) is 6.76. The Morgan fingerprint density at radius 2 is 1.92 bits per heavy atom. The van der Waals surface area contributed by atoms with E-state index in [1.54, 1.807) is 4.68 Å². The number of amides is 1. The zero-order valence-corrected chi connectivity index (χ0v) is 16.3. The lowest BCUT2D eigenvalue weighted by Gasteiger charge is -2.32. The van der Waals surface area contributed by atoms with Gasteiger partial charge in [-0.15, -0.1) is 17.5 Å². The van der Waals surface area contributed by atoms with Gasteiger partial charge in [-0.25, -0.2) is 4.68 Å². The van der Waals surface area contributed by atoms with Crippen LogP contribution < -0.4 is 5.32 Å². The average molecular weight is 378 g/mol. The van der Waals surface area contributed by atoms with Crippen LogP contribution >= 0.6 is 12.4 Å². The van der Waals surface area contributed by atoms with Crippen molar-refractivity contribution in [1.82, 2.24) is 25.2 Å². The van der Waals surface area contributed by atoms with E-state index in [1.165, 1.54) is 6.42 Å². The molecular weight excluding hydrogens is 350 g/mol. The second-order valence-electron chi connectivity index (χ2n) is 6.76. The Balaban J connectivity index is 0.00000243. The number of aromatic nitrogens is 3. The van der Waals surface area contributed by atoms with Crippen LogP contribution in [-0.4, -0.2) is 52.5 Å². The largest absolute Gasteiger partial charge is 0.342 e. The van der Waals surface area contributed by atoms with E-state index in [2.05, 4.69) is 15.6 Å². The van der Waals surface area contributed by atoms with E-state index >= 15 is 0 Å². The molecule has 26 heavy (non-hydrogen) atoms. The summed E-state index contributed by atoms with van der Waals surface area (Å²) in [5.74, 6) is 0.896. The Bertz CT molecular complexity index is 695. The van der Waals surface area contributed by atoms with Crippen LogP contribution in [0.2, 0.25) is 0 Å². The van der Waals surface area contributed by atoms with E-state index in [0.717, 1.165) is 55.5 Å². The predicted molar refractivity (Wildman–Crippen MR) is 105 cm³/mol. The number of para-hydroxylation sites is 1. The van der Waals surface area contributed by atoms with Crippen molar-refractivity contribution in [2.75, 3.05) is 26.7 Å². The van der Waals surface area contributed by atoms with Gasteiger partial charge in [0.25, 0.3) is 0 Å². The van der Waals surface area contributed by atoms with Crippen molar-refractivity contribution in [1.29, 1.82) is 0 Å². The predicted octanol–water partition coefficient (Wildman–Crippen LogP) is 2.39. The zero-order chi connectivity index (χ0) is 17.6. The molecule has 0 saturated carbocycles. The lowest BCUT2D eigenvalue weighted by atomic mass is 9.93. The first-order valence-electron chi connectivity index (χ1n) is 9.08. The van der Waals surface area contributed by atoms with Crippen molar-refractivity contribution in [2.45, 2.75) is 32.6 Å². The Hall–Kier alpha value is -1.92. The minimum Gasteiger partial charge on any atom is -0.342 e. The summed E-state index contributed by atoms with van der Waals surface area (Å²) in [6, 6.07) is 9.89. The maximum atomic E-state index is 12.6. The molecule has 6 nitrogen and oxygen atoms in total. The lowest BCUT2D eigenvalue weighted by molar-refractivity contribution is -0.131. The van der Waals surface area contributed by atoms with Gasteiger partial charge in [0.2, 0.25) is 5.91 Å². The van der Waals surface area contributed by atoms with Crippen molar-refractivity contribution in [3.8, 4) is 5.69 Å². The van der Waals surface area contributed by atoms with E-state index in [-0.39, 0.29) is 18.3 Å². The first-order chi connectivity index (χ1) is 12.2. The van der Waals surface area contributed by atoms with Gasteiger partial charge in [-0.1, -0.05) is 23.4 Å². The molecule has 1 aliphatic heterocycles. The molecule has 1 saturated heterocycles. The van der Waals surface area contributed by atoms with E-state index in [1.807, 2.05) is 49.2 Å². The number of nitrogens with zero attached hydrogens (tertiary/aromatic N) is 4. The van der Waals surface area contributed by atoms with Gasteiger partial charge in [0.05, 0.1) is 23.5 Å². The molecule has 1 aliphatic rings. The molecule has 0 atom stereocenters. The van der Waals surface area contributed by atoms with Crippen molar-refractivity contribution in [3.05, 3.63) is 41.7 Å². The summed E-state index contributed by atoms with van der Waals surface area (Å²) in [4.78, 5) is 14.6. The molecule has 1 fully saturated rings. The fourth-order valence-electron chi connectivity index (χ4n) is 3.41. The molecule has 0 unspecified atom stereocenters. The molecule has 0 spiro atoms. The van der Waals surface area contributed by atoms with Crippen LogP contribution in [0.3, 0.4) is 0 Å². The molecular formula is C19H28ClN5O. The van der Waals surface area contributed by atoms with Crippen molar-refractivity contribution >= 4 is 18.3 Å². The van der Waals surface area contributed by atoms with Gasteiger partial charge in [-0.3, -0.25) is 4.79 Å². The first-order valence-corrected chi connectivity index (χ1v) is 9.08. The molecule has 0 radical (unpaired) electrons. The number of carbonyl (C=O) groups excluding carboxylic acids is 1. The van der Waals surface area contributed by atoms with Crippen LogP contribution in [-0.2, 0) is 11.2 Å². The van der Waals surface area contributed by atoms with Crippen LogP contribution in [0.1, 0.15) is 30.7 Å². The molecule has 0 aliphatic carbocycles. The van der Waals surface area contributed by atoms with E-state index in [9.17, 15) is 4.79 Å². The minimum absolute atomic E-state index is 0. The normalized spacial score (nSPS) is 14.9. The summed E-state index contributed by atoms with van der Waals surface area (Å²) in [7, 11) is 1.99. The highest BCUT2D eigenvalue weighted by atomic mass is 35.5. The topological polar surface area (TPSA) is 63.1 Å². The minimum atomic E-state index is 0. The number of halogens is 1. The van der Waals surface area contributed by atoms with Gasteiger partial charge >= 0.3 is 0 Å². The second kappa shape index (κ2) is 9.69. The average Bonchev–Trinajstić information content (AvgIpc) is 3.01. The quantitative estimate of drug-likeness (QED) is 0.839. The highest BCUT2D eigenvalue weighted by molar-refractivity contribution is 5.85. The molecule has 1 aromatic heterocycles. The number of piperidine rings is 1. The first kappa shape index (κ1) is 20.4. The fraction of sp³-hybridized carbons (Fsp3) is 0.526. The summed E-state index contributed by atoms with van der Waals surface area (Å²) >= 11 is 0. The van der Waals surface area contributed by atoms with Crippen LogP contribution in [0, 0.1) is 12.8 Å². The molecule has 2 aromatic rings. The molecule has 2 heterocycles. The Morgan fingerprint density at radius 3 is 2.58 bits per heavy atom. The van der Waals surface area contributed by atoms with E-state index in [0.29, 0.717) is 6.42 Å². The molecule has 1 amide bonds. The van der Waals surface area contributed by atoms with E-state index in [4.69, 9.17) is 0 Å². The maximum Gasteiger partial charge on any atom is 0.228 e. The van der Waals surface area contributed by atoms with Crippen LogP contribution in [0.4, 0.5) is 0 Å². The number of benzene rings is 1. The van der Waals surface area contributed by atoms with Gasteiger partial charge in [-0.05, 0) is 57.8 Å². The third kappa shape index (κ3) is 4.83. The molecule has 0 bridgehead atoms. The standard InChI is InChI=1S/C19H27N5O.ClH/c1-15-18(21-22-24(15)17-6-4-3-5-7-17)14-19(25)23-12-9-16(10-13-23)8-11-20-2;/h3-7,16,20H,8-14H2,1-2H3;1H. The summed E-state index contributed by atoms with van der Waals surface area (Å²) < 4.78 is 1.80. The molecule has 7 heteroatoms. The van der Waals surface area contributed by atoms with Gasteiger partial charge in [0, 0.05) is 13.1 Å². The van der Waals surface area contributed by atoms with E-state index < -0.39 is 0 Å². The Morgan fingerprint density at radius 1 is 1.23 bits per heavy atom. The SMILES string of the molecule is CNCCC1CCN(C(=O)Cc2nnn(-c3ccccc3)c2C)CC1.Cl. The van der Waals surface area contributed by atoms with Crippen molar-refractivity contribution in [2.24, 2.45) is 5.92 Å². The highest BCUT2D eigenvalue weighted by Crippen LogP contribution is 2.21.